The molecule has 1 atom stereocenters. The fourth-order valence-corrected chi connectivity index (χ4v) is 3.36. The quantitative estimate of drug-likeness (QED) is 0.901. The van der Waals surface area contributed by atoms with Gasteiger partial charge in [-0.2, -0.15) is 0 Å². The van der Waals surface area contributed by atoms with E-state index < -0.39 is 0 Å². The summed E-state index contributed by atoms with van der Waals surface area (Å²) in [7, 11) is 3.61. The van der Waals surface area contributed by atoms with Gasteiger partial charge in [0, 0.05) is 32.6 Å². The van der Waals surface area contributed by atoms with Crippen LogP contribution in [0, 0.1) is 0 Å². The first-order chi connectivity index (χ1) is 12.2. The molecule has 1 aliphatic heterocycles. The minimum Gasteiger partial charge on any atom is -0.496 e. The van der Waals surface area contributed by atoms with Crippen LogP contribution in [0.3, 0.4) is 0 Å². The topological polar surface area (TPSA) is 72.3 Å². The molecular weight excluding hydrogens is 318 g/mol. The van der Waals surface area contributed by atoms with Crippen LogP contribution in [0.1, 0.15) is 30.1 Å². The highest BCUT2D eigenvalue weighted by Crippen LogP contribution is 2.25. The third-order valence-corrected chi connectivity index (χ3v) is 4.68. The minimum absolute atomic E-state index is 0.0123. The number of nitrogens with zero attached hydrogens (tertiary/aromatic N) is 4. The summed E-state index contributed by atoms with van der Waals surface area (Å²) in [6.07, 6.45) is 4.48. The maximum absolute atomic E-state index is 12.5. The number of aryl methyl sites for hydroxylation is 1. The van der Waals surface area contributed by atoms with E-state index in [0.717, 1.165) is 42.9 Å². The first kappa shape index (κ1) is 17.3. The van der Waals surface area contributed by atoms with Gasteiger partial charge in [0.1, 0.15) is 17.9 Å². The van der Waals surface area contributed by atoms with Crippen LogP contribution in [0.2, 0.25) is 0 Å². The Bertz CT molecular complexity index is 715. The van der Waals surface area contributed by atoms with E-state index >= 15 is 0 Å². The Morgan fingerprint density at radius 3 is 3.00 bits per heavy atom. The third kappa shape index (κ3) is 4.10. The van der Waals surface area contributed by atoms with E-state index in [1.54, 1.807) is 13.4 Å². The zero-order valence-electron chi connectivity index (χ0n) is 14.8. The Kier molecular flexibility index (Phi) is 5.53. The molecule has 134 valence electrons. The zero-order chi connectivity index (χ0) is 17.6. The van der Waals surface area contributed by atoms with E-state index in [2.05, 4.69) is 15.5 Å². The summed E-state index contributed by atoms with van der Waals surface area (Å²) in [5.41, 5.74) is 1.10. The van der Waals surface area contributed by atoms with Crippen molar-refractivity contribution in [3.8, 4) is 5.75 Å². The minimum atomic E-state index is -0.0123. The number of methoxy groups -OCH3 is 1. The molecule has 0 unspecified atom stereocenters. The van der Waals surface area contributed by atoms with Crippen LogP contribution in [0.15, 0.2) is 30.6 Å². The van der Waals surface area contributed by atoms with E-state index in [1.807, 2.05) is 40.8 Å². The van der Waals surface area contributed by atoms with Crippen molar-refractivity contribution in [3.05, 3.63) is 42.0 Å². The number of hydrogen-bond donors (Lipinski definition) is 1. The molecule has 0 saturated carbocycles. The van der Waals surface area contributed by atoms with Crippen molar-refractivity contribution in [1.82, 2.24) is 25.0 Å². The fourth-order valence-electron chi connectivity index (χ4n) is 3.36. The van der Waals surface area contributed by atoms with Gasteiger partial charge in [0.05, 0.1) is 7.11 Å². The number of aromatic nitrogens is 3. The number of para-hydroxylation sites is 1. The Morgan fingerprint density at radius 1 is 1.40 bits per heavy atom. The number of nitrogens with one attached hydrogen (secondary N) is 1. The molecule has 1 aromatic heterocycles. The lowest BCUT2D eigenvalue weighted by molar-refractivity contribution is 0.178. The van der Waals surface area contributed by atoms with E-state index in [4.69, 9.17) is 4.74 Å². The fraction of sp³-hybridized carbons (Fsp3) is 0.500. The monoisotopic (exact) mass is 343 g/mol. The van der Waals surface area contributed by atoms with Crippen LogP contribution < -0.4 is 10.1 Å². The summed E-state index contributed by atoms with van der Waals surface area (Å²) < 4.78 is 7.29. The van der Waals surface area contributed by atoms with Crippen LogP contribution >= 0.6 is 0 Å². The van der Waals surface area contributed by atoms with Gasteiger partial charge in [0.2, 0.25) is 0 Å². The summed E-state index contributed by atoms with van der Waals surface area (Å²) in [6, 6.07) is 7.88. The molecule has 0 spiro atoms. The van der Waals surface area contributed by atoms with E-state index in [9.17, 15) is 4.79 Å². The number of carbonyl (C=O) groups is 1. The van der Waals surface area contributed by atoms with Crippen molar-refractivity contribution in [3.63, 3.8) is 0 Å². The van der Waals surface area contributed by atoms with E-state index in [0.29, 0.717) is 13.1 Å². The summed E-state index contributed by atoms with van der Waals surface area (Å²) in [6.45, 7) is 2.06. The second kappa shape index (κ2) is 8.00. The molecular formula is C18H25N5O2. The first-order valence-corrected chi connectivity index (χ1v) is 8.67. The van der Waals surface area contributed by atoms with Gasteiger partial charge in [0.25, 0.3) is 0 Å². The van der Waals surface area contributed by atoms with E-state index in [-0.39, 0.29) is 11.9 Å². The Balaban J connectivity index is 1.52. The number of likely N-dealkylation sites (tertiary alicyclic amines) is 1. The lowest BCUT2D eigenvalue weighted by Gasteiger charge is -2.32. The maximum Gasteiger partial charge on any atom is 0.317 e. The second-order valence-electron chi connectivity index (χ2n) is 6.38. The second-order valence-corrected chi connectivity index (χ2v) is 6.38. The molecule has 25 heavy (non-hydrogen) atoms. The summed E-state index contributed by atoms with van der Waals surface area (Å²) in [5, 5.41) is 11.2. The Hall–Kier alpha value is -2.57. The number of urea groups is 1. The third-order valence-electron chi connectivity index (χ3n) is 4.68. The lowest BCUT2D eigenvalue weighted by Crippen LogP contribution is -2.45. The molecule has 0 bridgehead atoms. The molecule has 2 heterocycles. The van der Waals surface area contributed by atoms with Crippen molar-refractivity contribution in [2.45, 2.75) is 25.2 Å². The highest BCUT2D eigenvalue weighted by molar-refractivity contribution is 5.74. The molecule has 1 fully saturated rings. The Morgan fingerprint density at radius 2 is 2.24 bits per heavy atom. The van der Waals surface area contributed by atoms with E-state index in [1.165, 1.54) is 0 Å². The largest absolute Gasteiger partial charge is 0.496 e. The number of rotatable bonds is 5. The number of piperidine rings is 1. The highest BCUT2D eigenvalue weighted by Gasteiger charge is 2.27. The summed E-state index contributed by atoms with van der Waals surface area (Å²) in [4.78, 5) is 14.4. The first-order valence-electron chi connectivity index (χ1n) is 8.67. The lowest BCUT2D eigenvalue weighted by atomic mass is 9.97. The average Bonchev–Trinajstić information content (AvgIpc) is 3.08. The van der Waals surface area contributed by atoms with Crippen LogP contribution in [-0.4, -0.2) is 52.4 Å². The van der Waals surface area contributed by atoms with Gasteiger partial charge in [-0.15, -0.1) is 10.2 Å². The average molecular weight is 343 g/mol. The van der Waals surface area contributed by atoms with Crippen molar-refractivity contribution < 1.29 is 9.53 Å². The molecule has 2 aromatic rings. The molecule has 2 amide bonds. The van der Waals surface area contributed by atoms with Gasteiger partial charge in [0.15, 0.2) is 0 Å². The number of carbonyl (C=O) groups excluding carboxylic acids is 1. The molecule has 0 radical (unpaired) electrons. The van der Waals surface area contributed by atoms with Crippen LogP contribution in [0.4, 0.5) is 4.79 Å². The molecule has 3 rings (SSSR count). The van der Waals surface area contributed by atoms with Crippen LogP contribution in [0.5, 0.6) is 5.75 Å². The standard InChI is InChI=1S/C18H25N5O2/c1-22-13-20-21-17(22)15-7-5-11-23(12-15)18(24)19-10-9-14-6-3-4-8-16(14)25-2/h3-4,6,8,13,15H,5,7,9-12H2,1-2H3,(H,19,24)/t15-/m0/s1. The normalized spacial score (nSPS) is 17.4. The predicted octanol–water partition coefficient (Wildman–Crippen LogP) is 1.96. The molecule has 1 saturated heterocycles. The number of hydrogen-bond acceptors (Lipinski definition) is 4. The van der Waals surface area contributed by atoms with Crippen molar-refractivity contribution in [2.75, 3.05) is 26.7 Å². The molecule has 1 aromatic carbocycles. The SMILES string of the molecule is COc1ccccc1CCNC(=O)N1CCC[C@H](c2nncn2C)C1. The maximum atomic E-state index is 12.5. The molecule has 7 nitrogen and oxygen atoms in total. The van der Waals surface area contributed by atoms with Gasteiger partial charge in [-0.1, -0.05) is 18.2 Å². The summed E-state index contributed by atoms with van der Waals surface area (Å²) >= 11 is 0. The van der Waals surface area contributed by atoms with Gasteiger partial charge in [-0.3, -0.25) is 0 Å². The van der Waals surface area contributed by atoms with Crippen LogP contribution in [0.25, 0.3) is 0 Å². The molecule has 7 heteroatoms. The summed E-state index contributed by atoms with van der Waals surface area (Å²) in [5.74, 6) is 2.06. The van der Waals surface area contributed by atoms with Gasteiger partial charge < -0.3 is 19.5 Å². The Labute approximate surface area is 148 Å². The van der Waals surface area contributed by atoms with Crippen molar-refractivity contribution in [2.24, 2.45) is 7.05 Å². The number of amides is 2. The highest BCUT2D eigenvalue weighted by atomic mass is 16.5. The van der Waals surface area contributed by atoms with Crippen molar-refractivity contribution >= 4 is 6.03 Å². The van der Waals surface area contributed by atoms with Gasteiger partial charge >= 0.3 is 6.03 Å². The molecule has 0 aliphatic carbocycles. The van der Waals surface area contributed by atoms with Crippen molar-refractivity contribution in [1.29, 1.82) is 0 Å². The smallest absolute Gasteiger partial charge is 0.317 e. The molecule has 1 N–H and O–H groups in total. The number of ether oxygens (including phenoxy) is 1. The van der Waals surface area contributed by atoms with Crippen LogP contribution in [-0.2, 0) is 13.5 Å². The number of benzene rings is 1. The van der Waals surface area contributed by atoms with Gasteiger partial charge in [-0.25, -0.2) is 4.79 Å². The van der Waals surface area contributed by atoms with Gasteiger partial charge in [-0.05, 0) is 30.9 Å². The predicted molar refractivity (Wildman–Crippen MR) is 94.6 cm³/mol. The zero-order valence-corrected chi connectivity index (χ0v) is 14.8. The molecule has 1 aliphatic rings.